The number of anilines is 2. The quantitative estimate of drug-likeness (QED) is 0.667. The molecule has 0 spiro atoms. The van der Waals surface area contributed by atoms with Crippen LogP contribution in [-0.4, -0.2) is 15.1 Å². The van der Waals surface area contributed by atoms with E-state index < -0.39 is 0 Å². The molecule has 100 valence electrons. The Bertz CT molecular complexity index is 840. The molecule has 0 radical (unpaired) electrons. The van der Waals surface area contributed by atoms with Crippen LogP contribution in [0.2, 0.25) is 0 Å². The molecule has 0 aliphatic heterocycles. The van der Waals surface area contributed by atoms with Crippen LogP contribution in [0.3, 0.4) is 0 Å². The van der Waals surface area contributed by atoms with Crippen LogP contribution >= 0.6 is 0 Å². The Hall–Kier alpha value is -2.82. The summed E-state index contributed by atoms with van der Waals surface area (Å²) in [5, 5.41) is 14.5. The summed E-state index contributed by atoms with van der Waals surface area (Å²) in [4.78, 5) is 18.3. The van der Waals surface area contributed by atoms with Gasteiger partial charge in [0.05, 0.1) is 0 Å². The van der Waals surface area contributed by atoms with Gasteiger partial charge < -0.3 is 10.4 Å². The van der Waals surface area contributed by atoms with Crippen LogP contribution in [0.25, 0.3) is 10.8 Å². The van der Waals surface area contributed by atoms with Gasteiger partial charge in [0, 0.05) is 28.2 Å². The van der Waals surface area contributed by atoms with Gasteiger partial charge in [0.15, 0.2) is 0 Å². The lowest BCUT2D eigenvalue weighted by atomic mass is 10.1. The summed E-state index contributed by atoms with van der Waals surface area (Å²) in [6, 6.07) is 12.3. The van der Waals surface area contributed by atoms with E-state index in [0.29, 0.717) is 11.6 Å². The van der Waals surface area contributed by atoms with Crippen molar-refractivity contribution in [2.24, 2.45) is 0 Å². The number of aromatic hydroxyl groups is 1. The van der Waals surface area contributed by atoms with Gasteiger partial charge in [-0.2, -0.15) is 0 Å². The maximum absolute atomic E-state index is 11.4. The average Bonchev–Trinajstić information content (AvgIpc) is 2.39. The average molecular weight is 267 g/mol. The molecule has 0 unspecified atom stereocenters. The van der Waals surface area contributed by atoms with Gasteiger partial charge in [-0.05, 0) is 19.1 Å². The Labute approximate surface area is 114 Å². The lowest BCUT2D eigenvalue weighted by Gasteiger charge is -2.10. The number of nitrogens with zero attached hydrogens (tertiary/aromatic N) is 1. The highest BCUT2D eigenvalue weighted by atomic mass is 16.3. The van der Waals surface area contributed by atoms with Crippen molar-refractivity contribution in [3.63, 3.8) is 0 Å². The Kier molecular flexibility index (Phi) is 2.87. The summed E-state index contributed by atoms with van der Waals surface area (Å²) in [5.41, 5.74) is 1.20. The third kappa shape index (κ3) is 2.21. The second-order valence-electron chi connectivity index (χ2n) is 4.54. The number of rotatable bonds is 2. The molecule has 5 heteroatoms. The van der Waals surface area contributed by atoms with Gasteiger partial charge in [-0.3, -0.25) is 9.78 Å². The van der Waals surface area contributed by atoms with Crippen LogP contribution in [-0.2, 0) is 0 Å². The first-order chi connectivity index (χ1) is 9.63. The van der Waals surface area contributed by atoms with Crippen molar-refractivity contribution in [3.8, 4) is 5.75 Å². The third-order valence-electron chi connectivity index (χ3n) is 3.02. The van der Waals surface area contributed by atoms with Gasteiger partial charge in [0.1, 0.15) is 5.75 Å². The van der Waals surface area contributed by atoms with Crippen LogP contribution in [0.4, 0.5) is 11.6 Å². The van der Waals surface area contributed by atoms with E-state index >= 15 is 0 Å². The number of benzene rings is 2. The van der Waals surface area contributed by atoms with Crippen LogP contribution in [0, 0.1) is 6.92 Å². The van der Waals surface area contributed by atoms with Crippen molar-refractivity contribution in [2.75, 3.05) is 5.32 Å². The fourth-order valence-corrected chi connectivity index (χ4v) is 2.17. The van der Waals surface area contributed by atoms with Crippen molar-refractivity contribution in [1.29, 1.82) is 0 Å². The van der Waals surface area contributed by atoms with Crippen LogP contribution < -0.4 is 10.9 Å². The van der Waals surface area contributed by atoms with Crippen molar-refractivity contribution in [1.82, 2.24) is 9.97 Å². The molecule has 20 heavy (non-hydrogen) atoms. The predicted molar refractivity (Wildman–Crippen MR) is 78.5 cm³/mol. The van der Waals surface area contributed by atoms with E-state index in [1.54, 1.807) is 19.1 Å². The predicted octanol–water partition coefficient (Wildman–Crippen LogP) is 2.68. The standard InChI is InChI=1S/C15H13N3O2/c1-9-8-14(20)18-15(16-9)17-12-6-2-5-11-10(12)4-3-7-13(11)19/h2-8,19H,1H3,(H2,16,17,18,20). The number of hydrogen-bond donors (Lipinski definition) is 3. The molecule has 0 aliphatic carbocycles. The molecule has 0 atom stereocenters. The summed E-state index contributed by atoms with van der Waals surface area (Å²) < 4.78 is 0. The van der Waals surface area contributed by atoms with Crippen molar-refractivity contribution < 1.29 is 5.11 Å². The molecule has 3 rings (SSSR count). The van der Waals surface area contributed by atoms with Crippen molar-refractivity contribution in [2.45, 2.75) is 6.92 Å². The van der Waals surface area contributed by atoms with Gasteiger partial charge in [-0.25, -0.2) is 4.98 Å². The van der Waals surface area contributed by atoms with Crippen LogP contribution in [0.5, 0.6) is 5.75 Å². The number of phenolic OH excluding ortho intramolecular Hbond substituents is 1. The Balaban J connectivity index is 2.11. The zero-order chi connectivity index (χ0) is 14.1. The van der Waals surface area contributed by atoms with Crippen molar-refractivity contribution >= 4 is 22.4 Å². The van der Waals surface area contributed by atoms with Crippen LogP contribution in [0.1, 0.15) is 5.69 Å². The topological polar surface area (TPSA) is 78.0 Å². The minimum atomic E-state index is -0.205. The van der Waals surface area contributed by atoms with Gasteiger partial charge in [0.2, 0.25) is 5.95 Å². The van der Waals surface area contributed by atoms with E-state index in [9.17, 15) is 9.90 Å². The molecule has 0 amide bonds. The van der Waals surface area contributed by atoms with Gasteiger partial charge in [-0.1, -0.05) is 24.3 Å². The lowest BCUT2D eigenvalue weighted by Crippen LogP contribution is -2.10. The van der Waals surface area contributed by atoms with Gasteiger partial charge in [-0.15, -0.1) is 0 Å². The first kappa shape index (κ1) is 12.2. The summed E-state index contributed by atoms with van der Waals surface area (Å²) in [5.74, 6) is 0.600. The highest BCUT2D eigenvalue weighted by molar-refractivity contribution is 5.98. The van der Waals surface area contributed by atoms with E-state index in [1.807, 2.05) is 24.3 Å². The normalized spacial score (nSPS) is 10.7. The summed E-state index contributed by atoms with van der Waals surface area (Å²) in [6.07, 6.45) is 0. The van der Waals surface area contributed by atoms with E-state index in [1.165, 1.54) is 6.07 Å². The van der Waals surface area contributed by atoms with Crippen molar-refractivity contribution in [3.05, 3.63) is 58.5 Å². The lowest BCUT2D eigenvalue weighted by molar-refractivity contribution is 0.481. The monoisotopic (exact) mass is 267 g/mol. The minimum Gasteiger partial charge on any atom is -0.507 e. The van der Waals surface area contributed by atoms with E-state index in [-0.39, 0.29) is 11.3 Å². The molecule has 2 aromatic carbocycles. The smallest absolute Gasteiger partial charge is 0.252 e. The number of phenols is 1. The molecule has 0 saturated carbocycles. The summed E-state index contributed by atoms with van der Waals surface area (Å²) in [6.45, 7) is 1.76. The minimum absolute atomic E-state index is 0.205. The molecular formula is C15H13N3O2. The maximum Gasteiger partial charge on any atom is 0.252 e. The number of fused-ring (bicyclic) bond motifs is 1. The largest absolute Gasteiger partial charge is 0.507 e. The number of aromatic amines is 1. The zero-order valence-electron chi connectivity index (χ0n) is 10.8. The Morgan fingerprint density at radius 3 is 2.70 bits per heavy atom. The number of hydrogen-bond acceptors (Lipinski definition) is 4. The number of H-pyrrole nitrogens is 1. The second-order valence-corrected chi connectivity index (χ2v) is 4.54. The molecular weight excluding hydrogens is 254 g/mol. The number of aryl methyl sites for hydroxylation is 1. The fraction of sp³-hybridized carbons (Fsp3) is 0.0667. The summed E-state index contributed by atoms with van der Waals surface area (Å²) in [7, 11) is 0. The Morgan fingerprint density at radius 2 is 1.90 bits per heavy atom. The fourth-order valence-electron chi connectivity index (χ4n) is 2.17. The SMILES string of the molecule is Cc1cc(=O)[nH]c(Nc2cccc3c(O)cccc23)n1. The van der Waals surface area contributed by atoms with E-state index in [2.05, 4.69) is 15.3 Å². The molecule has 1 aromatic heterocycles. The molecule has 1 heterocycles. The van der Waals surface area contributed by atoms with Crippen LogP contribution in [0.15, 0.2) is 47.3 Å². The first-order valence-corrected chi connectivity index (χ1v) is 6.19. The van der Waals surface area contributed by atoms with E-state index in [0.717, 1.165) is 16.5 Å². The molecule has 0 fully saturated rings. The molecule has 0 bridgehead atoms. The number of nitrogens with one attached hydrogen (secondary N) is 2. The first-order valence-electron chi connectivity index (χ1n) is 6.19. The molecule has 3 N–H and O–H groups in total. The summed E-state index contributed by atoms with van der Waals surface area (Å²) >= 11 is 0. The zero-order valence-corrected chi connectivity index (χ0v) is 10.8. The molecule has 0 saturated heterocycles. The Morgan fingerprint density at radius 1 is 1.15 bits per heavy atom. The van der Waals surface area contributed by atoms with Gasteiger partial charge in [0.25, 0.3) is 5.56 Å². The molecule has 3 aromatic rings. The third-order valence-corrected chi connectivity index (χ3v) is 3.02. The highest BCUT2D eigenvalue weighted by Gasteiger charge is 2.05. The van der Waals surface area contributed by atoms with Gasteiger partial charge >= 0.3 is 0 Å². The molecule has 5 nitrogen and oxygen atoms in total. The van der Waals surface area contributed by atoms with E-state index in [4.69, 9.17) is 0 Å². The number of aromatic nitrogens is 2. The molecule has 0 aliphatic rings. The maximum atomic E-state index is 11.4. The highest BCUT2D eigenvalue weighted by Crippen LogP contribution is 2.30. The second kappa shape index (κ2) is 4.70.